The van der Waals surface area contributed by atoms with E-state index in [1.165, 1.54) is 31.2 Å². The van der Waals surface area contributed by atoms with Gasteiger partial charge in [0.05, 0.1) is 6.54 Å². The maximum absolute atomic E-state index is 4.67. The van der Waals surface area contributed by atoms with Gasteiger partial charge in [-0.2, -0.15) is 0 Å². The topological polar surface area (TPSA) is 41.4 Å². The van der Waals surface area contributed by atoms with Crippen molar-refractivity contribution in [1.29, 1.82) is 0 Å². The van der Waals surface area contributed by atoms with Gasteiger partial charge in [-0.3, -0.25) is 0 Å². The molecule has 1 aromatic rings. The molecule has 0 saturated heterocycles. The summed E-state index contributed by atoms with van der Waals surface area (Å²) in [6, 6.07) is 2.12. The number of aromatic nitrogens is 1. The molecule has 1 aliphatic rings. The van der Waals surface area contributed by atoms with Gasteiger partial charge in [0.1, 0.15) is 0 Å². The van der Waals surface area contributed by atoms with Crippen LogP contribution in [0.25, 0.3) is 0 Å². The number of hydrogen-bond acceptors (Lipinski definition) is 1. The van der Waals surface area contributed by atoms with Crippen molar-refractivity contribution in [3.63, 3.8) is 0 Å². The average molecular weight is 276 g/mol. The maximum atomic E-state index is 4.67. The van der Waals surface area contributed by atoms with E-state index in [1.807, 2.05) is 7.05 Å². The van der Waals surface area contributed by atoms with Gasteiger partial charge in [-0.05, 0) is 43.2 Å². The first-order valence-corrected chi connectivity index (χ1v) is 7.80. The standard InChI is InChI=1S/C16H28N4/c1-4-16(8-6-9-16)13-19-15(17-5-2)18-11-14-7-10-20(3)12-14/h7,10,12H,4-6,8-9,11,13H2,1-3H3,(H2,17,18,19). The molecule has 1 heterocycles. The van der Waals surface area contributed by atoms with Gasteiger partial charge in [0.15, 0.2) is 5.96 Å². The predicted octanol–water partition coefficient (Wildman–Crippen LogP) is 2.66. The van der Waals surface area contributed by atoms with Crippen LogP contribution in [0, 0.1) is 5.41 Å². The van der Waals surface area contributed by atoms with Crippen LogP contribution in [-0.2, 0) is 13.6 Å². The zero-order chi connectivity index (χ0) is 14.4. The number of aliphatic imine (C=N–C) groups is 1. The molecule has 0 radical (unpaired) electrons. The third-order valence-corrected chi connectivity index (χ3v) is 4.45. The van der Waals surface area contributed by atoms with E-state index in [1.54, 1.807) is 0 Å². The molecule has 1 fully saturated rings. The fourth-order valence-corrected chi connectivity index (χ4v) is 2.77. The molecular formula is C16H28N4. The monoisotopic (exact) mass is 276 g/mol. The highest BCUT2D eigenvalue weighted by Gasteiger charge is 2.34. The Bertz CT molecular complexity index is 438. The maximum Gasteiger partial charge on any atom is 0.191 e. The third kappa shape index (κ3) is 3.78. The Balaban J connectivity index is 1.88. The lowest BCUT2D eigenvalue weighted by molar-refractivity contribution is 0.131. The van der Waals surface area contributed by atoms with Crippen LogP contribution in [0.5, 0.6) is 0 Å². The SMILES string of the molecule is CCNC(=NCc1ccn(C)c1)NCC1(CC)CCC1. The normalized spacial score (nSPS) is 17.6. The molecule has 2 rings (SSSR count). The molecule has 0 amide bonds. The van der Waals surface area contributed by atoms with Crippen LogP contribution < -0.4 is 10.6 Å². The van der Waals surface area contributed by atoms with E-state index in [0.717, 1.165) is 25.6 Å². The molecule has 1 aromatic heterocycles. The van der Waals surface area contributed by atoms with Gasteiger partial charge in [-0.1, -0.05) is 13.3 Å². The molecule has 2 N–H and O–H groups in total. The summed E-state index contributed by atoms with van der Waals surface area (Å²) < 4.78 is 2.06. The van der Waals surface area contributed by atoms with Crippen molar-refractivity contribution >= 4 is 5.96 Å². The van der Waals surface area contributed by atoms with E-state index in [4.69, 9.17) is 0 Å². The highest BCUT2D eigenvalue weighted by molar-refractivity contribution is 5.79. The van der Waals surface area contributed by atoms with Gasteiger partial charge < -0.3 is 15.2 Å². The van der Waals surface area contributed by atoms with Gasteiger partial charge in [0.2, 0.25) is 0 Å². The molecule has 1 saturated carbocycles. The van der Waals surface area contributed by atoms with Crippen molar-refractivity contribution in [2.45, 2.75) is 46.1 Å². The number of guanidine groups is 1. The summed E-state index contributed by atoms with van der Waals surface area (Å²) in [5.41, 5.74) is 1.77. The Kier molecular flexibility index (Phi) is 5.10. The van der Waals surface area contributed by atoms with Crippen LogP contribution in [0.15, 0.2) is 23.5 Å². The summed E-state index contributed by atoms with van der Waals surface area (Å²) in [5, 5.41) is 6.86. The molecule has 4 heteroatoms. The minimum Gasteiger partial charge on any atom is -0.357 e. The second kappa shape index (κ2) is 6.82. The van der Waals surface area contributed by atoms with Gasteiger partial charge >= 0.3 is 0 Å². The quantitative estimate of drug-likeness (QED) is 0.619. The minimum absolute atomic E-state index is 0.517. The van der Waals surface area contributed by atoms with Crippen molar-refractivity contribution in [3.8, 4) is 0 Å². The lowest BCUT2D eigenvalue weighted by atomic mass is 9.67. The van der Waals surface area contributed by atoms with Gasteiger partial charge in [-0.15, -0.1) is 0 Å². The van der Waals surface area contributed by atoms with Crippen molar-refractivity contribution < 1.29 is 0 Å². The highest BCUT2D eigenvalue weighted by atomic mass is 15.2. The summed E-state index contributed by atoms with van der Waals surface area (Å²) >= 11 is 0. The van der Waals surface area contributed by atoms with Gasteiger partial charge in [0, 0.05) is 32.5 Å². The van der Waals surface area contributed by atoms with Crippen molar-refractivity contribution in [2.24, 2.45) is 17.5 Å². The smallest absolute Gasteiger partial charge is 0.191 e. The Morgan fingerprint density at radius 1 is 1.35 bits per heavy atom. The molecule has 0 bridgehead atoms. The van der Waals surface area contributed by atoms with Crippen LogP contribution in [0.2, 0.25) is 0 Å². The van der Waals surface area contributed by atoms with E-state index in [0.29, 0.717) is 5.41 Å². The van der Waals surface area contributed by atoms with Crippen LogP contribution in [0.4, 0.5) is 0 Å². The molecule has 112 valence electrons. The summed E-state index contributed by atoms with van der Waals surface area (Å²) in [7, 11) is 2.04. The molecule has 0 spiro atoms. The zero-order valence-electron chi connectivity index (χ0n) is 13.1. The number of rotatable bonds is 6. The van der Waals surface area contributed by atoms with Crippen molar-refractivity contribution in [1.82, 2.24) is 15.2 Å². The highest BCUT2D eigenvalue weighted by Crippen LogP contribution is 2.42. The Morgan fingerprint density at radius 2 is 2.15 bits per heavy atom. The summed E-state index contributed by atoms with van der Waals surface area (Å²) in [6.07, 6.45) is 9.53. The average Bonchev–Trinajstić information content (AvgIpc) is 2.81. The molecule has 1 aliphatic carbocycles. The number of nitrogens with one attached hydrogen (secondary N) is 2. The van der Waals surface area contributed by atoms with Gasteiger partial charge in [0.25, 0.3) is 0 Å². The lowest BCUT2D eigenvalue weighted by Crippen LogP contribution is -2.46. The number of hydrogen-bond donors (Lipinski definition) is 2. The van der Waals surface area contributed by atoms with E-state index >= 15 is 0 Å². The first-order chi connectivity index (χ1) is 9.67. The van der Waals surface area contributed by atoms with E-state index in [9.17, 15) is 0 Å². The lowest BCUT2D eigenvalue weighted by Gasteiger charge is -2.41. The van der Waals surface area contributed by atoms with Crippen LogP contribution in [0.3, 0.4) is 0 Å². The number of nitrogens with zero attached hydrogens (tertiary/aromatic N) is 2. The first-order valence-electron chi connectivity index (χ1n) is 7.80. The van der Waals surface area contributed by atoms with Crippen LogP contribution >= 0.6 is 0 Å². The Morgan fingerprint density at radius 3 is 2.65 bits per heavy atom. The summed E-state index contributed by atoms with van der Waals surface area (Å²) in [4.78, 5) is 4.67. The van der Waals surface area contributed by atoms with E-state index in [-0.39, 0.29) is 0 Å². The van der Waals surface area contributed by atoms with Crippen molar-refractivity contribution in [2.75, 3.05) is 13.1 Å². The zero-order valence-corrected chi connectivity index (χ0v) is 13.1. The Hall–Kier alpha value is -1.45. The fourth-order valence-electron chi connectivity index (χ4n) is 2.77. The third-order valence-electron chi connectivity index (χ3n) is 4.45. The molecular weight excluding hydrogens is 248 g/mol. The van der Waals surface area contributed by atoms with Crippen LogP contribution in [-0.4, -0.2) is 23.6 Å². The van der Waals surface area contributed by atoms with Gasteiger partial charge in [-0.25, -0.2) is 4.99 Å². The second-order valence-electron chi connectivity index (χ2n) is 5.94. The Labute approximate surface area is 122 Å². The number of aryl methyl sites for hydroxylation is 1. The molecule has 0 unspecified atom stereocenters. The summed E-state index contributed by atoms with van der Waals surface area (Å²) in [6.45, 7) is 7.09. The molecule has 0 aliphatic heterocycles. The molecule has 4 nitrogen and oxygen atoms in total. The van der Waals surface area contributed by atoms with E-state index in [2.05, 4.69) is 52.5 Å². The first kappa shape index (κ1) is 14.9. The molecule has 0 aromatic carbocycles. The molecule has 0 atom stereocenters. The van der Waals surface area contributed by atoms with Crippen molar-refractivity contribution in [3.05, 3.63) is 24.0 Å². The van der Waals surface area contributed by atoms with E-state index < -0.39 is 0 Å². The second-order valence-corrected chi connectivity index (χ2v) is 5.94. The summed E-state index contributed by atoms with van der Waals surface area (Å²) in [5.74, 6) is 0.941. The van der Waals surface area contributed by atoms with Crippen LogP contribution in [0.1, 0.15) is 45.1 Å². The fraction of sp³-hybridized carbons (Fsp3) is 0.688. The largest absolute Gasteiger partial charge is 0.357 e. The predicted molar refractivity (Wildman–Crippen MR) is 84.8 cm³/mol. The molecule has 20 heavy (non-hydrogen) atoms. The minimum atomic E-state index is 0.517.